The van der Waals surface area contributed by atoms with Gasteiger partial charge in [-0.15, -0.1) is 0 Å². The fraction of sp³-hybridized carbons (Fsp3) is 0.294. The van der Waals surface area contributed by atoms with E-state index in [4.69, 9.17) is 37.4 Å². The third-order valence-electron chi connectivity index (χ3n) is 3.23. The van der Waals surface area contributed by atoms with E-state index in [9.17, 15) is 0 Å². The van der Waals surface area contributed by atoms with Gasteiger partial charge in [-0.25, -0.2) is 0 Å². The van der Waals surface area contributed by atoms with Gasteiger partial charge in [-0.2, -0.15) is 0 Å². The molecule has 0 saturated heterocycles. The summed E-state index contributed by atoms with van der Waals surface area (Å²) in [6, 6.07) is 9.28. The number of benzene rings is 2. The first-order valence-electron chi connectivity index (χ1n) is 7.15. The molecule has 2 aromatic rings. The molecule has 0 spiro atoms. The van der Waals surface area contributed by atoms with Crippen molar-refractivity contribution in [1.82, 2.24) is 0 Å². The third-order valence-corrected chi connectivity index (χ3v) is 3.80. The van der Waals surface area contributed by atoms with Crippen LogP contribution in [0.4, 0.5) is 5.69 Å². The topological polar surface area (TPSA) is 39.7 Å². The number of methoxy groups -OCH3 is 2. The summed E-state index contributed by atoms with van der Waals surface area (Å²) in [5.41, 5.74) is 1.86. The first-order valence-corrected chi connectivity index (χ1v) is 7.91. The zero-order chi connectivity index (χ0) is 16.8. The van der Waals surface area contributed by atoms with E-state index in [1.165, 1.54) is 0 Å². The van der Waals surface area contributed by atoms with Crippen molar-refractivity contribution in [1.29, 1.82) is 0 Å². The fourth-order valence-corrected chi connectivity index (χ4v) is 2.69. The standard InChI is InChI=1S/C17H19Cl2NO3/c1-4-23-17-14(19)7-11(8-16(17)22-3)10-20-12-5-6-15(21-2)13(18)9-12/h5-9,20H,4,10H2,1-3H3. The Balaban J connectivity index is 2.14. The number of ether oxygens (including phenoxy) is 3. The van der Waals surface area contributed by atoms with Gasteiger partial charge < -0.3 is 19.5 Å². The maximum atomic E-state index is 6.27. The monoisotopic (exact) mass is 355 g/mol. The van der Waals surface area contributed by atoms with Crippen LogP contribution in [-0.2, 0) is 6.54 Å². The Labute approximate surface area is 146 Å². The van der Waals surface area contributed by atoms with E-state index >= 15 is 0 Å². The molecule has 4 nitrogen and oxygen atoms in total. The molecule has 2 aromatic carbocycles. The maximum Gasteiger partial charge on any atom is 0.179 e. The Morgan fingerprint density at radius 3 is 2.30 bits per heavy atom. The highest BCUT2D eigenvalue weighted by Gasteiger charge is 2.11. The molecule has 0 atom stereocenters. The van der Waals surface area contributed by atoms with Crippen LogP contribution < -0.4 is 19.5 Å². The van der Waals surface area contributed by atoms with Crippen LogP contribution in [0.15, 0.2) is 30.3 Å². The van der Waals surface area contributed by atoms with Gasteiger partial charge in [0.1, 0.15) is 5.75 Å². The van der Waals surface area contributed by atoms with Crippen molar-refractivity contribution >= 4 is 28.9 Å². The minimum atomic E-state index is 0.524. The van der Waals surface area contributed by atoms with Gasteiger partial charge in [0, 0.05) is 12.2 Å². The number of nitrogens with one attached hydrogen (secondary N) is 1. The summed E-state index contributed by atoms with van der Waals surface area (Å²) in [6.07, 6.45) is 0. The van der Waals surface area contributed by atoms with Gasteiger partial charge in [-0.1, -0.05) is 23.2 Å². The van der Waals surface area contributed by atoms with Crippen molar-refractivity contribution in [2.24, 2.45) is 0 Å². The lowest BCUT2D eigenvalue weighted by Gasteiger charge is -2.14. The SMILES string of the molecule is CCOc1c(Cl)cc(CNc2ccc(OC)c(Cl)c2)cc1OC. The molecule has 0 fully saturated rings. The minimum Gasteiger partial charge on any atom is -0.495 e. The molecule has 0 aliphatic rings. The molecule has 0 bridgehead atoms. The van der Waals surface area contributed by atoms with Crippen molar-refractivity contribution in [2.45, 2.75) is 13.5 Å². The normalized spacial score (nSPS) is 10.3. The van der Waals surface area contributed by atoms with E-state index in [2.05, 4.69) is 5.32 Å². The van der Waals surface area contributed by atoms with Crippen LogP contribution in [0.2, 0.25) is 10.0 Å². The first kappa shape index (κ1) is 17.6. The molecule has 124 valence electrons. The molecule has 23 heavy (non-hydrogen) atoms. The molecule has 0 heterocycles. The van der Waals surface area contributed by atoms with Crippen LogP contribution in [-0.4, -0.2) is 20.8 Å². The summed E-state index contributed by atoms with van der Waals surface area (Å²) in [4.78, 5) is 0. The predicted octanol–water partition coefficient (Wildman–Crippen LogP) is 5.02. The highest BCUT2D eigenvalue weighted by molar-refractivity contribution is 6.32. The summed E-state index contributed by atoms with van der Waals surface area (Å²) in [7, 11) is 3.18. The Hall–Kier alpha value is -1.78. The Morgan fingerprint density at radius 1 is 0.957 bits per heavy atom. The smallest absolute Gasteiger partial charge is 0.179 e. The molecular weight excluding hydrogens is 337 g/mol. The van der Waals surface area contributed by atoms with Crippen molar-refractivity contribution in [3.05, 3.63) is 45.9 Å². The lowest BCUT2D eigenvalue weighted by atomic mass is 10.2. The van der Waals surface area contributed by atoms with Gasteiger partial charge in [-0.3, -0.25) is 0 Å². The zero-order valence-electron chi connectivity index (χ0n) is 13.3. The average Bonchev–Trinajstić information content (AvgIpc) is 2.55. The quantitative estimate of drug-likeness (QED) is 0.756. The van der Waals surface area contributed by atoms with Crippen LogP contribution in [0.3, 0.4) is 0 Å². The summed E-state index contributed by atoms with van der Waals surface area (Å²) >= 11 is 12.4. The zero-order valence-corrected chi connectivity index (χ0v) is 14.8. The predicted molar refractivity (Wildman–Crippen MR) is 94.5 cm³/mol. The maximum absolute atomic E-state index is 6.27. The average molecular weight is 356 g/mol. The molecule has 0 unspecified atom stereocenters. The van der Waals surface area contributed by atoms with E-state index in [0.717, 1.165) is 11.3 Å². The Bertz CT molecular complexity index is 677. The Kier molecular flexibility index (Phi) is 6.25. The lowest BCUT2D eigenvalue weighted by Crippen LogP contribution is -2.02. The summed E-state index contributed by atoms with van der Waals surface area (Å²) in [5, 5.41) is 4.37. The van der Waals surface area contributed by atoms with Gasteiger partial charge in [0.2, 0.25) is 0 Å². The molecule has 6 heteroatoms. The molecule has 0 amide bonds. The van der Waals surface area contributed by atoms with Gasteiger partial charge in [-0.05, 0) is 42.8 Å². The van der Waals surface area contributed by atoms with E-state index in [1.54, 1.807) is 14.2 Å². The van der Waals surface area contributed by atoms with Crippen molar-refractivity contribution in [2.75, 3.05) is 26.1 Å². The lowest BCUT2D eigenvalue weighted by molar-refractivity contribution is 0.311. The molecule has 2 rings (SSSR count). The minimum absolute atomic E-state index is 0.524. The summed E-state index contributed by atoms with van der Waals surface area (Å²) < 4.78 is 16.0. The van der Waals surface area contributed by atoms with Crippen LogP contribution in [0.25, 0.3) is 0 Å². The van der Waals surface area contributed by atoms with E-state index in [-0.39, 0.29) is 0 Å². The van der Waals surface area contributed by atoms with Gasteiger partial charge in [0.15, 0.2) is 11.5 Å². The molecule has 0 aliphatic carbocycles. The van der Waals surface area contributed by atoms with E-state index in [1.807, 2.05) is 37.3 Å². The molecule has 0 aromatic heterocycles. The first-order chi connectivity index (χ1) is 11.1. The molecule has 0 radical (unpaired) electrons. The van der Waals surface area contributed by atoms with Crippen molar-refractivity contribution in [3.63, 3.8) is 0 Å². The number of halogens is 2. The number of anilines is 1. The second-order valence-electron chi connectivity index (χ2n) is 4.74. The molecule has 0 saturated carbocycles. The van der Waals surface area contributed by atoms with Gasteiger partial charge in [0.25, 0.3) is 0 Å². The number of rotatable bonds is 7. The van der Waals surface area contributed by atoms with Crippen LogP contribution in [0, 0.1) is 0 Å². The second kappa shape index (κ2) is 8.18. The van der Waals surface area contributed by atoms with Gasteiger partial charge in [0.05, 0.1) is 30.9 Å². The van der Waals surface area contributed by atoms with Crippen molar-refractivity contribution < 1.29 is 14.2 Å². The molecule has 1 N–H and O–H groups in total. The largest absolute Gasteiger partial charge is 0.495 e. The molecular formula is C17H19Cl2NO3. The van der Waals surface area contributed by atoms with E-state index < -0.39 is 0 Å². The highest BCUT2D eigenvalue weighted by atomic mass is 35.5. The second-order valence-corrected chi connectivity index (χ2v) is 5.56. The summed E-state index contributed by atoms with van der Waals surface area (Å²) in [5.74, 6) is 1.82. The number of hydrogen-bond donors (Lipinski definition) is 1. The number of hydrogen-bond acceptors (Lipinski definition) is 4. The van der Waals surface area contributed by atoms with Crippen LogP contribution in [0.5, 0.6) is 17.2 Å². The fourth-order valence-electron chi connectivity index (χ4n) is 2.14. The van der Waals surface area contributed by atoms with E-state index in [0.29, 0.717) is 40.4 Å². The third kappa shape index (κ3) is 4.36. The van der Waals surface area contributed by atoms with Crippen molar-refractivity contribution in [3.8, 4) is 17.2 Å². The Morgan fingerprint density at radius 2 is 1.70 bits per heavy atom. The van der Waals surface area contributed by atoms with Crippen LogP contribution >= 0.6 is 23.2 Å². The van der Waals surface area contributed by atoms with Gasteiger partial charge >= 0.3 is 0 Å². The highest BCUT2D eigenvalue weighted by Crippen LogP contribution is 2.36. The van der Waals surface area contributed by atoms with Crippen LogP contribution in [0.1, 0.15) is 12.5 Å². The molecule has 0 aliphatic heterocycles. The summed E-state index contributed by atoms with van der Waals surface area (Å²) in [6.45, 7) is 3.00.